The molecule has 0 aromatic heterocycles. The summed E-state index contributed by atoms with van der Waals surface area (Å²) in [6.45, 7) is 1.33. The molecule has 0 fully saturated rings. The van der Waals surface area contributed by atoms with Gasteiger partial charge >= 0.3 is 0 Å². The van der Waals surface area contributed by atoms with E-state index in [9.17, 15) is 18.5 Å². The molecule has 0 unspecified atom stereocenters. The summed E-state index contributed by atoms with van der Waals surface area (Å²) in [5, 5.41) is 11.1. The maximum Gasteiger partial charge on any atom is 0.275 e. The van der Waals surface area contributed by atoms with Crippen LogP contribution in [-0.2, 0) is 16.6 Å². The van der Waals surface area contributed by atoms with Gasteiger partial charge in [-0.05, 0) is 30.7 Å². The predicted molar refractivity (Wildman–Crippen MR) is 103 cm³/mol. The quantitative estimate of drug-likeness (QED) is 0.505. The van der Waals surface area contributed by atoms with Gasteiger partial charge in [0.05, 0.1) is 36.2 Å². The highest BCUT2D eigenvalue weighted by molar-refractivity contribution is 7.89. The highest BCUT2D eigenvalue weighted by atomic mass is 35.5. The van der Waals surface area contributed by atoms with Gasteiger partial charge in [0, 0.05) is 18.2 Å². The van der Waals surface area contributed by atoms with Gasteiger partial charge in [-0.25, -0.2) is 13.1 Å². The lowest BCUT2D eigenvalue weighted by atomic mass is 10.2. The Morgan fingerprint density at radius 1 is 1.07 bits per heavy atom. The lowest BCUT2D eigenvalue weighted by Crippen LogP contribution is -2.23. The zero-order chi connectivity index (χ0) is 21.1. The molecule has 1 N–H and O–H groups in total. The average molecular weight is 431 g/mol. The van der Waals surface area contributed by atoms with Gasteiger partial charge in [-0.2, -0.15) is 0 Å². The molecule has 0 saturated heterocycles. The lowest BCUT2D eigenvalue weighted by Gasteiger charge is -2.14. The zero-order valence-electron chi connectivity index (χ0n) is 15.6. The first-order valence-electron chi connectivity index (χ1n) is 7.87. The molecular formula is C17H19ClN2O7S. The number of hydrogen-bond acceptors (Lipinski definition) is 7. The molecule has 28 heavy (non-hydrogen) atoms. The molecule has 0 radical (unpaired) electrons. The fourth-order valence-corrected chi connectivity index (χ4v) is 3.83. The van der Waals surface area contributed by atoms with E-state index in [2.05, 4.69) is 4.72 Å². The van der Waals surface area contributed by atoms with Gasteiger partial charge < -0.3 is 14.2 Å². The third-order valence-corrected chi connectivity index (χ3v) is 5.76. The summed E-state index contributed by atoms with van der Waals surface area (Å²) in [7, 11) is 0.281. The summed E-state index contributed by atoms with van der Waals surface area (Å²) >= 11 is 5.96. The molecule has 0 aliphatic heterocycles. The van der Waals surface area contributed by atoms with Gasteiger partial charge in [-0.3, -0.25) is 10.1 Å². The van der Waals surface area contributed by atoms with Gasteiger partial charge in [-0.15, -0.1) is 0 Å². The molecule has 0 bridgehead atoms. The van der Waals surface area contributed by atoms with E-state index < -0.39 is 14.9 Å². The Kier molecular flexibility index (Phi) is 6.70. The largest absolute Gasteiger partial charge is 0.493 e. The molecule has 9 nitrogen and oxygen atoms in total. The number of halogens is 1. The summed E-state index contributed by atoms with van der Waals surface area (Å²) in [4.78, 5) is 10.1. The van der Waals surface area contributed by atoms with Crippen molar-refractivity contribution >= 4 is 27.3 Å². The van der Waals surface area contributed by atoms with Crippen molar-refractivity contribution in [1.82, 2.24) is 4.72 Å². The van der Waals surface area contributed by atoms with Crippen molar-refractivity contribution in [3.63, 3.8) is 0 Å². The van der Waals surface area contributed by atoms with E-state index in [1.807, 2.05) is 0 Å². The van der Waals surface area contributed by atoms with E-state index in [-0.39, 0.29) is 27.7 Å². The Morgan fingerprint density at radius 2 is 1.64 bits per heavy atom. The molecule has 152 valence electrons. The van der Waals surface area contributed by atoms with Gasteiger partial charge in [0.25, 0.3) is 5.69 Å². The number of nitrogens with one attached hydrogen (secondary N) is 1. The summed E-state index contributed by atoms with van der Waals surface area (Å²) in [5.74, 6) is 1.10. The van der Waals surface area contributed by atoms with Gasteiger partial charge in [-0.1, -0.05) is 11.6 Å². The maximum atomic E-state index is 12.6. The molecule has 2 aromatic rings. The molecular weight excluding hydrogens is 412 g/mol. The predicted octanol–water partition coefficient (Wildman–Crippen LogP) is 3.06. The van der Waals surface area contributed by atoms with Crippen LogP contribution in [0.3, 0.4) is 0 Å². The second-order valence-electron chi connectivity index (χ2n) is 5.66. The Balaban J connectivity index is 2.35. The number of nitro groups is 1. The van der Waals surface area contributed by atoms with Crippen LogP contribution in [0.4, 0.5) is 5.69 Å². The van der Waals surface area contributed by atoms with E-state index in [1.165, 1.54) is 34.3 Å². The molecule has 11 heteroatoms. The Labute approximate surface area is 167 Å². The molecule has 0 heterocycles. The number of benzene rings is 2. The molecule has 0 amide bonds. The molecule has 2 aromatic carbocycles. The van der Waals surface area contributed by atoms with Crippen LogP contribution in [-0.4, -0.2) is 34.7 Å². The fraction of sp³-hybridized carbons (Fsp3) is 0.294. The first-order chi connectivity index (χ1) is 13.1. The third kappa shape index (κ3) is 4.46. The summed E-state index contributed by atoms with van der Waals surface area (Å²) in [6, 6.07) is 5.32. The number of nitro benzene ring substituents is 1. The minimum absolute atomic E-state index is 0.0117. The zero-order valence-corrected chi connectivity index (χ0v) is 17.2. The highest BCUT2D eigenvalue weighted by Crippen LogP contribution is 2.38. The van der Waals surface area contributed by atoms with E-state index in [0.717, 1.165) is 6.07 Å². The molecule has 0 spiro atoms. The van der Waals surface area contributed by atoms with Crippen molar-refractivity contribution in [2.45, 2.75) is 18.4 Å². The minimum atomic E-state index is -4.06. The first kappa shape index (κ1) is 21.7. The van der Waals surface area contributed by atoms with Crippen molar-refractivity contribution < 1.29 is 27.6 Å². The Hall–Kier alpha value is -2.56. The number of ether oxygens (including phenoxy) is 3. The van der Waals surface area contributed by atoms with Crippen LogP contribution in [0.2, 0.25) is 5.02 Å². The molecule has 2 rings (SSSR count). The normalized spacial score (nSPS) is 11.2. The molecule has 0 aliphatic rings. The molecule has 0 saturated carbocycles. The number of sulfonamides is 1. The standard InChI is InChI=1S/C17H19ClN2O7S/c1-10-13(18)7-12(8-14(10)20(21)22)28(23,24)19-9-11-5-15(25-2)17(27-4)16(6-11)26-3/h5-8,19H,9H2,1-4H3. The number of rotatable bonds is 8. The molecule has 0 atom stereocenters. The first-order valence-corrected chi connectivity index (χ1v) is 9.73. The third-order valence-electron chi connectivity index (χ3n) is 3.99. The smallest absolute Gasteiger partial charge is 0.275 e. The van der Waals surface area contributed by atoms with Gasteiger partial charge in [0.1, 0.15) is 0 Å². The van der Waals surface area contributed by atoms with Crippen LogP contribution in [0.1, 0.15) is 11.1 Å². The SMILES string of the molecule is COc1cc(CNS(=O)(=O)c2cc(Cl)c(C)c([N+](=O)[O-])c2)cc(OC)c1OC. The van der Waals surface area contributed by atoms with Crippen molar-refractivity contribution in [3.8, 4) is 17.2 Å². The van der Waals surface area contributed by atoms with Crippen LogP contribution in [0.5, 0.6) is 17.2 Å². The summed E-state index contributed by atoms with van der Waals surface area (Å²) in [5.41, 5.74) is 0.349. The number of methoxy groups -OCH3 is 3. The van der Waals surface area contributed by atoms with E-state index in [4.69, 9.17) is 25.8 Å². The van der Waals surface area contributed by atoms with Crippen molar-refractivity contribution in [3.05, 3.63) is 50.5 Å². The number of hydrogen-bond donors (Lipinski definition) is 1. The summed E-state index contributed by atoms with van der Waals surface area (Å²) < 4.78 is 43.3. The van der Waals surface area contributed by atoms with Crippen LogP contribution < -0.4 is 18.9 Å². The van der Waals surface area contributed by atoms with Crippen molar-refractivity contribution in [2.75, 3.05) is 21.3 Å². The topological polar surface area (TPSA) is 117 Å². The van der Waals surface area contributed by atoms with Crippen LogP contribution in [0.15, 0.2) is 29.2 Å². The molecule has 0 aliphatic carbocycles. The monoisotopic (exact) mass is 430 g/mol. The average Bonchev–Trinajstić information content (AvgIpc) is 2.66. The van der Waals surface area contributed by atoms with E-state index >= 15 is 0 Å². The lowest BCUT2D eigenvalue weighted by molar-refractivity contribution is -0.385. The fourth-order valence-electron chi connectivity index (χ4n) is 2.48. The second kappa shape index (κ2) is 8.63. The maximum absolute atomic E-state index is 12.6. The highest BCUT2D eigenvalue weighted by Gasteiger charge is 2.23. The minimum Gasteiger partial charge on any atom is -0.493 e. The second-order valence-corrected chi connectivity index (χ2v) is 7.84. The van der Waals surface area contributed by atoms with E-state index in [1.54, 1.807) is 12.1 Å². The van der Waals surface area contributed by atoms with Gasteiger partial charge in [0.15, 0.2) is 11.5 Å². The Bertz CT molecular complexity index is 984. The summed E-state index contributed by atoms with van der Waals surface area (Å²) in [6.07, 6.45) is 0. The Morgan fingerprint density at radius 3 is 2.11 bits per heavy atom. The van der Waals surface area contributed by atoms with E-state index in [0.29, 0.717) is 22.8 Å². The van der Waals surface area contributed by atoms with Crippen LogP contribution in [0.25, 0.3) is 0 Å². The van der Waals surface area contributed by atoms with Crippen LogP contribution >= 0.6 is 11.6 Å². The van der Waals surface area contributed by atoms with Crippen LogP contribution in [0, 0.1) is 17.0 Å². The van der Waals surface area contributed by atoms with Crippen molar-refractivity contribution in [2.24, 2.45) is 0 Å². The van der Waals surface area contributed by atoms with Gasteiger partial charge in [0.2, 0.25) is 15.8 Å². The number of nitrogens with zero attached hydrogens (tertiary/aromatic N) is 1. The van der Waals surface area contributed by atoms with Crippen molar-refractivity contribution in [1.29, 1.82) is 0 Å².